The van der Waals surface area contributed by atoms with E-state index in [0.29, 0.717) is 17.7 Å². The fraction of sp³-hybridized carbons (Fsp3) is 0.611. The summed E-state index contributed by atoms with van der Waals surface area (Å²) in [6.45, 7) is 1.99. The minimum atomic E-state index is -0.880. The number of carbonyl (C=O) groups excluding carboxylic acids is 1. The molecule has 1 heterocycles. The van der Waals surface area contributed by atoms with Crippen LogP contribution in [0.2, 0.25) is 0 Å². The van der Waals surface area contributed by atoms with Gasteiger partial charge in [-0.3, -0.25) is 9.00 Å². The van der Waals surface area contributed by atoms with Gasteiger partial charge < -0.3 is 10.6 Å². The zero-order valence-electron chi connectivity index (χ0n) is 14.3. The molecule has 6 heteroatoms. The highest BCUT2D eigenvalue weighted by atomic mass is 35.5. The SMILES string of the molecule is Cc1c(CS(C)=O)cccc1NC(=O)C1CC2CCCCC2N1.Cl. The van der Waals surface area contributed by atoms with Gasteiger partial charge in [0.1, 0.15) is 0 Å². The summed E-state index contributed by atoms with van der Waals surface area (Å²) in [6, 6.07) is 6.28. The second-order valence-corrected chi connectivity index (χ2v) is 8.34. The Balaban J connectivity index is 0.00000208. The van der Waals surface area contributed by atoms with E-state index in [-0.39, 0.29) is 24.4 Å². The lowest BCUT2D eigenvalue weighted by Crippen LogP contribution is -2.40. The summed E-state index contributed by atoms with van der Waals surface area (Å²) in [7, 11) is -0.880. The maximum atomic E-state index is 12.6. The maximum Gasteiger partial charge on any atom is 0.241 e. The van der Waals surface area contributed by atoms with Crippen molar-refractivity contribution in [3.8, 4) is 0 Å². The summed E-state index contributed by atoms with van der Waals surface area (Å²) in [4.78, 5) is 12.6. The average Bonchev–Trinajstić information content (AvgIpc) is 2.95. The molecule has 24 heavy (non-hydrogen) atoms. The highest BCUT2D eigenvalue weighted by Gasteiger charge is 2.38. The quantitative estimate of drug-likeness (QED) is 0.855. The first kappa shape index (κ1) is 19.4. The van der Waals surface area contributed by atoms with E-state index in [9.17, 15) is 9.00 Å². The van der Waals surface area contributed by atoms with Crippen LogP contribution >= 0.6 is 12.4 Å². The molecule has 4 atom stereocenters. The molecule has 3 rings (SSSR count). The third kappa shape index (κ3) is 4.38. The normalized spacial score (nSPS) is 27.0. The Labute approximate surface area is 153 Å². The number of anilines is 1. The summed E-state index contributed by atoms with van der Waals surface area (Å²) < 4.78 is 11.5. The smallest absolute Gasteiger partial charge is 0.241 e. The molecule has 0 bridgehead atoms. The summed E-state index contributed by atoms with van der Waals surface area (Å²) in [5, 5.41) is 6.59. The van der Waals surface area contributed by atoms with Crippen molar-refractivity contribution >= 4 is 34.8 Å². The Hall–Kier alpha value is -0.910. The van der Waals surface area contributed by atoms with Crippen LogP contribution in [0.3, 0.4) is 0 Å². The molecular weight excluding hydrogens is 344 g/mol. The third-order valence-corrected chi connectivity index (χ3v) is 5.96. The maximum absolute atomic E-state index is 12.6. The predicted molar refractivity (Wildman–Crippen MR) is 102 cm³/mol. The fourth-order valence-corrected chi connectivity index (χ4v) is 4.69. The van der Waals surface area contributed by atoms with Gasteiger partial charge in [-0.25, -0.2) is 0 Å². The lowest BCUT2D eigenvalue weighted by molar-refractivity contribution is -0.117. The van der Waals surface area contributed by atoms with E-state index in [2.05, 4.69) is 10.6 Å². The van der Waals surface area contributed by atoms with Crippen LogP contribution in [0.25, 0.3) is 0 Å². The highest BCUT2D eigenvalue weighted by molar-refractivity contribution is 7.83. The van der Waals surface area contributed by atoms with Gasteiger partial charge in [0.15, 0.2) is 0 Å². The van der Waals surface area contributed by atoms with Gasteiger partial charge in [-0.05, 0) is 49.3 Å². The standard InChI is InChI=1S/C18H26N2O2S.ClH/c1-12-14(11-23(2)22)7-5-9-15(12)20-18(21)17-10-13-6-3-4-8-16(13)19-17;/h5,7,9,13,16-17,19H,3-4,6,8,10-11H2,1-2H3,(H,20,21);1H. The molecule has 0 radical (unpaired) electrons. The van der Waals surface area contributed by atoms with E-state index in [1.807, 2.05) is 25.1 Å². The number of benzene rings is 1. The predicted octanol–water partition coefficient (Wildman–Crippen LogP) is 3.15. The molecule has 1 aliphatic carbocycles. The number of nitrogens with one attached hydrogen (secondary N) is 2. The van der Waals surface area contributed by atoms with Gasteiger partial charge in [-0.1, -0.05) is 25.0 Å². The zero-order chi connectivity index (χ0) is 16.4. The first-order chi connectivity index (χ1) is 11.0. The molecule has 4 unspecified atom stereocenters. The van der Waals surface area contributed by atoms with Crippen LogP contribution in [0.5, 0.6) is 0 Å². The van der Waals surface area contributed by atoms with Gasteiger partial charge in [-0.2, -0.15) is 0 Å². The fourth-order valence-electron chi connectivity index (χ4n) is 3.94. The summed E-state index contributed by atoms with van der Waals surface area (Å²) in [6.07, 6.45) is 7.68. The molecule has 134 valence electrons. The van der Waals surface area contributed by atoms with Crippen LogP contribution in [-0.2, 0) is 21.3 Å². The number of amides is 1. The number of rotatable bonds is 4. The monoisotopic (exact) mass is 370 g/mol. The Bertz CT molecular complexity index is 609. The lowest BCUT2D eigenvalue weighted by Gasteiger charge is -2.24. The molecule has 1 aliphatic heterocycles. The minimum absolute atomic E-state index is 0. The molecule has 4 nitrogen and oxygen atoms in total. The van der Waals surface area contributed by atoms with E-state index < -0.39 is 10.8 Å². The van der Waals surface area contributed by atoms with Crippen LogP contribution in [-0.4, -0.2) is 28.5 Å². The van der Waals surface area contributed by atoms with Crippen molar-refractivity contribution in [2.75, 3.05) is 11.6 Å². The van der Waals surface area contributed by atoms with E-state index in [1.165, 1.54) is 25.7 Å². The highest BCUT2D eigenvalue weighted by Crippen LogP contribution is 2.33. The second kappa shape index (κ2) is 8.45. The Morgan fingerprint density at radius 2 is 2.08 bits per heavy atom. The van der Waals surface area contributed by atoms with Crippen molar-refractivity contribution in [2.45, 2.75) is 56.9 Å². The molecule has 2 fully saturated rings. The first-order valence-corrected chi connectivity index (χ1v) is 10.2. The number of carbonyl (C=O) groups is 1. The summed E-state index contributed by atoms with van der Waals surface area (Å²) >= 11 is 0. The Morgan fingerprint density at radius 1 is 1.33 bits per heavy atom. The minimum Gasteiger partial charge on any atom is -0.324 e. The third-order valence-electron chi connectivity index (χ3n) is 5.24. The number of hydrogen-bond acceptors (Lipinski definition) is 3. The molecule has 2 N–H and O–H groups in total. The van der Waals surface area contributed by atoms with Gasteiger partial charge in [0.05, 0.1) is 6.04 Å². The molecule has 1 amide bonds. The lowest BCUT2D eigenvalue weighted by atomic mass is 9.85. The van der Waals surface area contributed by atoms with Crippen LogP contribution in [0.15, 0.2) is 18.2 Å². The van der Waals surface area contributed by atoms with Crippen molar-refractivity contribution in [1.82, 2.24) is 5.32 Å². The number of hydrogen-bond donors (Lipinski definition) is 2. The molecule has 0 spiro atoms. The van der Waals surface area contributed by atoms with Gasteiger partial charge in [0.25, 0.3) is 0 Å². The molecule has 2 aliphatic rings. The van der Waals surface area contributed by atoms with E-state index in [1.54, 1.807) is 6.26 Å². The van der Waals surface area contributed by atoms with Crippen LogP contribution < -0.4 is 10.6 Å². The second-order valence-electron chi connectivity index (χ2n) is 6.90. The number of fused-ring (bicyclic) bond motifs is 1. The van der Waals surface area contributed by atoms with Crippen LogP contribution in [0, 0.1) is 12.8 Å². The first-order valence-electron chi connectivity index (χ1n) is 8.50. The molecule has 1 aromatic rings. The van der Waals surface area contributed by atoms with Crippen molar-refractivity contribution < 1.29 is 9.00 Å². The van der Waals surface area contributed by atoms with E-state index >= 15 is 0 Å². The van der Waals surface area contributed by atoms with Gasteiger partial charge >= 0.3 is 0 Å². The van der Waals surface area contributed by atoms with Crippen molar-refractivity contribution in [3.63, 3.8) is 0 Å². The molecule has 1 aromatic carbocycles. The summed E-state index contributed by atoms with van der Waals surface area (Å²) in [5.74, 6) is 1.26. The topological polar surface area (TPSA) is 58.2 Å². The summed E-state index contributed by atoms with van der Waals surface area (Å²) in [5.41, 5.74) is 2.90. The van der Waals surface area contributed by atoms with Crippen LogP contribution in [0.4, 0.5) is 5.69 Å². The van der Waals surface area contributed by atoms with Crippen LogP contribution in [0.1, 0.15) is 43.2 Å². The van der Waals surface area contributed by atoms with E-state index in [4.69, 9.17) is 0 Å². The van der Waals surface area contributed by atoms with E-state index in [0.717, 1.165) is 23.2 Å². The average molecular weight is 371 g/mol. The molecule has 0 aromatic heterocycles. The van der Waals surface area contributed by atoms with Gasteiger partial charge in [0.2, 0.25) is 5.91 Å². The zero-order valence-corrected chi connectivity index (χ0v) is 16.0. The molecular formula is C18H27ClN2O2S. The Kier molecular flexibility index (Phi) is 6.84. The Morgan fingerprint density at radius 3 is 2.79 bits per heavy atom. The van der Waals surface area contributed by atoms with Gasteiger partial charge in [0, 0.05) is 34.5 Å². The van der Waals surface area contributed by atoms with Crippen molar-refractivity contribution in [3.05, 3.63) is 29.3 Å². The number of halogens is 1. The largest absolute Gasteiger partial charge is 0.324 e. The van der Waals surface area contributed by atoms with Gasteiger partial charge in [-0.15, -0.1) is 12.4 Å². The van der Waals surface area contributed by atoms with Crippen molar-refractivity contribution in [2.24, 2.45) is 5.92 Å². The van der Waals surface area contributed by atoms with Crippen molar-refractivity contribution in [1.29, 1.82) is 0 Å². The molecule has 1 saturated carbocycles. The molecule has 1 saturated heterocycles.